The Bertz CT molecular complexity index is 786. The van der Waals surface area contributed by atoms with E-state index in [1.165, 1.54) is 4.57 Å². The average molecular weight is 313 g/mol. The normalized spacial score (nSPS) is 21.6. The fraction of sp³-hybridized carbons (Fsp3) is 0.500. The number of likely N-dealkylation sites (tertiary alicyclic amines) is 1. The van der Waals surface area contributed by atoms with Crippen LogP contribution in [0.1, 0.15) is 26.1 Å². The van der Waals surface area contributed by atoms with E-state index in [1.807, 2.05) is 23.1 Å². The second-order valence-corrected chi connectivity index (χ2v) is 6.81. The molecule has 0 unspecified atom stereocenters. The monoisotopic (exact) mass is 313 g/mol. The average Bonchev–Trinajstić information content (AvgIpc) is 2.50. The first-order chi connectivity index (χ1) is 11.0. The van der Waals surface area contributed by atoms with E-state index in [4.69, 9.17) is 0 Å². The zero-order chi connectivity index (χ0) is 16.6. The van der Waals surface area contributed by atoms with Gasteiger partial charge < -0.3 is 4.90 Å². The van der Waals surface area contributed by atoms with Crippen molar-refractivity contribution in [2.45, 2.75) is 33.7 Å². The molecule has 2 aromatic rings. The molecular formula is C18H23N3O2. The van der Waals surface area contributed by atoms with E-state index < -0.39 is 0 Å². The van der Waals surface area contributed by atoms with E-state index in [0.29, 0.717) is 28.6 Å². The van der Waals surface area contributed by atoms with Crippen LogP contribution in [0, 0.1) is 18.8 Å². The van der Waals surface area contributed by atoms with Crippen molar-refractivity contribution in [3.63, 3.8) is 0 Å². The molecule has 1 fully saturated rings. The Morgan fingerprint density at radius 3 is 2.57 bits per heavy atom. The smallest absolute Gasteiger partial charge is 0.261 e. The van der Waals surface area contributed by atoms with Crippen LogP contribution in [0.25, 0.3) is 10.9 Å². The summed E-state index contributed by atoms with van der Waals surface area (Å²) in [6, 6.07) is 7.27. The maximum absolute atomic E-state index is 12.6. The molecule has 0 spiro atoms. The molecule has 1 amide bonds. The molecule has 1 saturated heterocycles. The van der Waals surface area contributed by atoms with Gasteiger partial charge in [0.2, 0.25) is 5.91 Å². The Morgan fingerprint density at radius 1 is 1.22 bits per heavy atom. The van der Waals surface area contributed by atoms with Crippen molar-refractivity contribution in [2.24, 2.45) is 11.8 Å². The molecule has 0 N–H and O–H groups in total. The fourth-order valence-corrected chi connectivity index (χ4v) is 3.57. The molecule has 5 nitrogen and oxygen atoms in total. The summed E-state index contributed by atoms with van der Waals surface area (Å²) in [5.74, 6) is 1.61. The number of aromatic nitrogens is 2. The van der Waals surface area contributed by atoms with Gasteiger partial charge in [-0.15, -0.1) is 0 Å². The molecule has 1 aromatic heterocycles. The van der Waals surface area contributed by atoms with Gasteiger partial charge in [-0.1, -0.05) is 26.0 Å². The number of carbonyl (C=O) groups excluding carboxylic acids is 1. The van der Waals surface area contributed by atoms with Crippen molar-refractivity contribution in [2.75, 3.05) is 13.1 Å². The van der Waals surface area contributed by atoms with Gasteiger partial charge in [0.25, 0.3) is 5.56 Å². The van der Waals surface area contributed by atoms with E-state index in [9.17, 15) is 9.59 Å². The summed E-state index contributed by atoms with van der Waals surface area (Å²) >= 11 is 0. The summed E-state index contributed by atoms with van der Waals surface area (Å²) < 4.78 is 1.49. The quantitative estimate of drug-likeness (QED) is 0.854. The molecule has 122 valence electrons. The maximum Gasteiger partial charge on any atom is 0.261 e. The summed E-state index contributed by atoms with van der Waals surface area (Å²) in [5, 5.41) is 0.561. The third-order valence-corrected chi connectivity index (χ3v) is 4.57. The SMILES string of the molecule is Cc1nc2ccccc2c(=O)n1CC(=O)N1C[C@@H](C)C[C@H](C)C1. The summed E-state index contributed by atoms with van der Waals surface area (Å²) in [6.07, 6.45) is 1.15. The van der Waals surface area contributed by atoms with Crippen molar-refractivity contribution in [3.8, 4) is 0 Å². The minimum absolute atomic E-state index is 0.00526. The predicted molar refractivity (Wildman–Crippen MR) is 90.3 cm³/mol. The summed E-state index contributed by atoms with van der Waals surface area (Å²) in [4.78, 5) is 31.6. The van der Waals surface area contributed by atoms with Gasteiger partial charge >= 0.3 is 0 Å². The van der Waals surface area contributed by atoms with Gasteiger partial charge in [0.1, 0.15) is 12.4 Å². The maximum atomic E-state index is 12.6. The summed E-state index contributed by atoms with van der Waals surface area (Å²) in [6.45, 7) is 7.75. The highest BCUT2D eigenvalue weighted by Crippen LogP contribution is 2.21. The van der Waals surface area contributed by atoms with Crippen LogP contribution in [0.3, 0.4) is 0 Å². The third-order valence-electron chi connectivity index (χ3n) is 4.57. The molecule has 2 heterocycles. The van der Waals surface area contributed by atoms with Gasteiger partial charge in [0.05, 0.1) is 10.9 Å². The second kappa shape index (κ2) is 6.14. The lowest BCUT2D eigenvalue weighted by Crippen LogP contribution is -2.45. The van der Waals surface area contributed by atoms with Gasteiger partial charge in [0.15, 0.2) is 0 Å². The topological polar surface area (TPSA) is 55.2 Å². The largest absolute Gasteiger partial charge is 0.341 e. The molecule has 0 aliphatic carbocycles. The molecule has 2 atom stereocenters. The number of amides is 1. The number of fused-ring (bicyclic) bond motifs is 1. The van der Waals surface area contributed by atoms with Gasteiger partial charge in [-0.05, 0) is 37.3 Å². The number of benzene rings is 1. The summed E-state index contributed by atoms with van der Waals surface area (Å²) in [5.41, 5.74) is 0.540. The lowest BCUT2D eigenvalue weighted by Gasteiger charge is -2.35. The van der Waals surface area contributed by atoms with E-state index in [0.717, 1.165) is 19.5 Å². The van der Waals surface area contributed by atoms with E-state index in [1.54, 1.807) is 13.0 Å². The molecular weight excluding hydrogens is 290 g/mol. The zero-order valence-corrected chi connectivity index (χ0v) is 14.0. The zero-order valence-electron chi connectivity index (χ0n) is 14.0. The van der Waals surface area contributed by atoms with Gasteiger partial charge in [-0.3, -0.25) is 14.2 Å². The van der Waals surface area contributed by atoms with Crippen LogP contribution in [-0.2, 0) is 11.3 Å². The number of carbonyl (C=O) groups is 1. The molecule has 1 aliphatic heterocycles. The lowest BCUT2D eigenvalue weighted by molar-refractivity contribution is -0.134. The number of piperidine rings is 1. The van der Waals surface area contributed by atoms with Crippen LogP contribution in [-0.4, -0.2) is 33.4 Å². The van der Waals surface area contributed by atoms with Crippen molar-refractivity contribution in [1.29, 1.82) is 0 Å². The van der Waals surface area contributed by atoms with Crippen LogP contribution in [0.5, 0.6) is 0 Å². The lowest BCUT2D eigenvalue weighted by atomic mass is 9.92. The van der Waals surface area contributed by atoms with Gasteiger partial charge in [0, 0.05) is 13.1 Å². The standard InChI is InChI=1S/C18H23N3O2/c1-12-8-13(2)10-20(9-12)17(22)11-21-14(3)19-16-7-5-4-6-15(16)18(21)23/h4-7,12-13H,8-11H2,1-3H3/t12-,13-/m0/s1. The number of nitrogens with zero attached hydrogens (tertiary/aromatic N) is 3. The Morgan fingerprint density at radius 2 is 1.87 bits per heavy atom. The Labute approximate surface area is 135 Å². The number of para-hydroxylation sites is 1. The minimum atomic E-state index is -0.139. The molecule has 5 heteroatoms. The Balaban J connectivity index is 1.89. The first-order valence-corrected chi connectivity index (χ1v) is 8.19. The number of aryl methyl sites for hydroxylation is 1. The van der Waals surface area contributed by atoms with Crippen LogP contribution in [0.2, 0.25) is 0 Å². The molecule has 0 radical (unpaired) electrons. The predicted octanol–water partition coefficient (Wildman–Crippen LogP) is 2.21. The van der Waals surface area contributed by atoms with Crippen molar-refractivity contribution >= 4 is 16.8 Å². The van der Waals surface area contributed by atoms with Gasteiger partial charge in [-0.2, -0.15) is 0 Å². The minimum Gasteiger partial charge on any atom is -0.341 e. The highest BCUT2D eigenvalue weighted by Gasteiger charge is 2.26. The van der Waals surface area contributed by atoms with Crippen molar-refractivity contribution in [3.05, 3.63) is 40.4 Å². The molecule has 1 aromatic carbocycles. The molecule has 0 saturated carbocycles. The van der Waals surface area contributed by atoms with E-state index in [2.05, 4.69) is 18.8 Å². The number of hydrogen-bond acceptors (Lipinski definition) is 3. The van der Waals surface area contributed by atoms with Crippen LogP contribution >= 0.6 is 0 Å². The molecule has 23 heavy (non-hydrogen) atoms. The second-order valence-electron chi connectivity index (χ2n) is 6.81. The first-order valence-electron chi connectivity index (χ1n) is 8.19. The molecule has 0 bridgehead atoms. The first kappa shape index (κ1) is 15.7. The van der Waals surface area contributed by atoms with Crippen LogP contribution in [0.15, 0.2) is 29.1 Å². The summed E-state index contributed by atoms with van der Waals surface area (Å²) in [7, 11) is 0. The highest BCUT2D eigenvalue weighted by molar-refractivity contribution is 5.79. The highest BCUT2D eigenvalue weighted by atomic mass is 16.2. The van der Waals surface area contributed by atoms with Crippen LogP contribution in [0.4, 0.5) is 0 Å². The number of rotatable bonds is 2. The van der Waals surface area contributed by atoms with Crippen LogP contribution < -0.4 is 5.56 Å². The van der Waals surface area contributed by atoms with Gasteiger partial charge in [-0.25, -0.2) is 4.98 Å². The Kier molecular flexibility index (Phi) is 4.20. The van der Waals surface area contributed by atoms with E-state index >= 15 is 0 Å². The van der Waals surface area contributed by atoms with E-state index in [-0.39, 0.29) is 18.0 Å². The fourth-order valence-electron chi connectivity index (χ4n) is 3.57. The van der Waals surface area contributed by atoms with Crippen molar-refractivity contribution < 1.29 is 4.79 Å². The molecule has 1 aliphatic rings. The molecule has 3 rings (SSSR count). The Hall–Kier alpha value is -2.17. The third kappa shape index (κ3) is 3.14. The number of hydrogen-bond donors (Lipinski definition) is 0. The van der Waals surface area contributed by atoms with Crippen molar-refractivity contribution in [1.82, 2.24) is 14.5 Å².